The first-order chi connectivity index (χ1) is 9.35. The Kier molecular flexibility index (Phi) is 3.36. The van der Waals surface area contributed by atoms with Gasteiger partial charge in [-0.25, -0.2) is 4.79 Å². The molecule has 0 spiro atoms. The summed E-state index contributed by atoms with van der Waals surface area (Å²) < 4.78 is 0. The highest BCUT2D eigenvalue weighted by Gasteiger charge is 2.42. The second kappa shape index (κ2) is 4.85. The predicted octanol–water partition coefficient (Wildman–Crippen LogP) is 2.08. The first-order valence-electron chi connectivity index (χ1n) is 6.01. The van der Waals surface area contributed by atoms with E-state index in [0.717, 1.165) is 0 Å². The molecule has 0 aromatic heterocycles. The molecule has 0 bridgehead atoms. The third-order valence-corrected chi connectivity index (χ3v) is 3.36. The Balaban J connectivity index is 2.61. The number of carboxylic acid groups (broad SMARTS) is 2. The summed E-state index contributed by atoms with van der Waals surface area (Å²) >= 11 is 0. The number of hydrogen-bond donors (Lipinski definition) is 3. The van der Waals surface area contributed by atoms with Crippen molar-refractivity contribution in [2.24, 2.45) is 0 Å². The summed E-state index contributed by atoms with van der Waals surface area (Å²) in [6.45, 7) is 1.66. The van der Waals surface area contributed by atoms with Crippen LogP contribution in [0.25, 0.3) is 0 Å². The summed E-state index contributed by atoms with van der Waals surface area (Å²) in [4.78, 5) is 22.9. The van der Waals surface area contributed by atoms with Crippen molar-refractivity contribution in [2.75, 3.05) is 0 Å². The van der Waals surface area contributed by atoms with Gasteiger partial charge < -0.3 is 15.3 Å². The van der Waals surface area contributed by atoms with Gasteiger partial charge in [0, 0.05) is 12.0 Å². The van der Waals surface area contributed by atoms with Crippen LogP contribution < -0.4 is 0 Å². The number of carboxylic acids is 2. The Bertz CT molecular complexity index is 641. The van der Waals surface area contributed by atoms with E-state index in [1.807, 2.05) is 0 Å². The van der Waals surface area contributed by atoms with Crippen LogP contribution in [-0.4, -0.2) is 27.3 Å². The number of benzene rings is 1. The van der Waals surface area contributed by atoms with Gasteiger partial charge in [0.2, 0.25) is 0 Å². The molecule has 1 aliphatic carbocycles. The van der Waals surface area contributed by atoms with Crippen LogP contribution in [0.15, 0.2) is 47.6 Å². The predicted molar refractivity (Wildman–Crippen MR) is 71.5 cm³/mol. The first-order valence-corrected chi connectivity index (χ1v) is 6.01. The number of phenolic OH excluding ortho intramolecular Hbond substituents is 1. The highest BCUT2D eigenvalue weighted by Crippen LogP contribution is 2.39. The van der Waals surface area contributed by atoms with Crippen LogP contribution in [-0.2, 0) is 15.0 Å². The van der Waals surface area contributed by atoms with Gasteiger partial charge in [0.15, 0.2) is 0 Å². The number of rotatable bonds is 3. The second-order valence-corrected chi connectivity index (χ2v) is 4.87. The third-order valence-electron chi connectivity index (χ3n) is 3.36. The average Bonchev–Trinajstić information content (AvgIpc) is 2.37. The third kappa shape index (κ3) is 2.30. The minimum absolute atomic E-state index is 0.0377. The van der Waals surface area contributed by atoms with Crippen LogP contribution in [0.1, 0.15) is 18.9 Å². The molecule has 5 heteroatoms. The molecule has 1 aliphatic rings. The van der Waals surface area contributed by atoms with Gasteiger partial charge in [-0.2, -0.15) is 0 Å². The topological polar surface area (TPSA) is 94.8 Å². The summed E-state index contributed by atoms with van der Waals surface area (Å²) in [5.74, 6) is -2.34. The van der Waals surface area contributed by atoms with E-state index in [1.165, 1.54) is 30.4 Å². The number of aromatic hydroxyl groups is 1. The highest BCUT2D eigenvalue weighted by molar-refractivity contribution is 5.93. The Morgan fingerprint density at radius 2 is 1.95 bits per heavy atom. The molecule has 3 N–H and O–H groups in total. The lowest BCUT2D eigenvalue weighted by Gasteiger charge is -2.30. The van der Waals surface area contributed by atoms with Gasteiger partial charge in [-0.15, -0.1) is 0 Å². The monoisotopic (exact) mass is 274 g/mol. The van der Waals surface area contributed by atoms with Crippen LogP contribution in [0.2, 0.25) is 0 Å². The number of carbonyl (C=O) groups is 2. The molecular weight excluding hydrogens is 260 g/mol. The SMILES string of the molecule is CC1=CC(C(=O)O)(c2cccc(O)c2)CC(C(=O)O)=C1. The van der Waals surface area contributed by atoms with E-state index < -0.39 is 17.4 Å². The van der Waals surface area contributed by atoms with Gasteiger partial charge in [-0.1, -0.05) is 23.8 Å². The summed E-state index contributed by atoms with van der Waals surface area (Å²) in [5.41, 5.74) is -0.503. The molecule has 5 nitrogen and oxygen atoms in total. The molecule has 104 valence electrons. The number of aliphatic carboxylic acids is 2. The smallest absolute Gasteiger partial charge is 0.331 e. The van der Waals surface area contributed by atoms with E-state index in [2.05, 4.69) is 0 Å². The minimum atomic E-state index is -1.47. The largest absolute Gasteiger partial charge is 0.508 e. The van der Waals surface area contributed by atoms with E-state index in [1.54, 1.807) is 13.0 Å². The van der Waals surface area contributed by atoms with Gasteiger partial charge in [0.05, 0.1) is 0 Å². The molecule has 1 aromatic rings. The standard InChI is InChI=1S/C15H14O5/c1-9-5-10(13(17)18)8-15(7-9,14(19)20)11-3-2-4-12(16)6-11/h2-7,16H,8H2,1H3,(H,17,18)(H,19,20). The van der Waals surface area contributed by atoms with Crippen molar-refractivity contribution in [3.63, 3.8) is 0 Å². The number of allylic oxidation sites excluding steroid dienone is 2. The van der Waals surface area contributed by atoms with E-state index in [-0.39, 0.29) is 17.7 Å². The number of hydrogen-bond acceptors (Lipinski definition) is 3. The Morgan fingerprint density at radius 1 is 1.25 bits per heavy atom. The fourth-order valence-corrected chi connectivity index (χ4v) is 2.47. The zero-order valence-electron chi connectivity index (χ0n) is 10.8. The van der Waals surface area contributed by atoms with Crippen molar-refractivity contribution in [1.29, 1.82) is 0 Å². The van der Waals surface area contributed by atoms with Crippen molar-refractivity contribution in [3.05, 3.63) is 53.1 Å². The highest BCUT2D eigenvalue weighted by atomic mass is 16.4. The normalized spacial score (nSPS) is 21.9. The van der Waals surface area contributed by atoms with Crippen molar-refractivity contribution in [3.8, 4) is 5.75 Å². The minimum Gasteiger partial charge on any atom is -0.508 e. The van der Waals surface area contributed by atoms with E-state index in [0.29, 0.717) is 11.1 Å². The van der Waals surface area contributed by atoms with E-state index >= 15 is 0 Å². The fraction of sp³-hybridized carbons (Fsp3) is 0.200. The molecule has 0 heterocycles. The molecular formula is C15H14O5. The number of phenols is 1. The van der Waals surface area contributed by atoms with Crippen molar-refractivity contribution < 1.29 is 24.9 Å². The van der Waals surface area contributed by atoms with Crippen molar-refractivity contribution in [1.82, 2.24) is 0 Å². The second-order valence-electron chi connectivity index (χ2n) is 4.87. The summed E-state index contributed by atoms with van der Waals surface area (Å²) in [6.07, 6.45) is 2.83. The van der Waals surface area contributed by atoms with Gasteiger partial charge in [-0.05, 0) is 30.7 Å². The van der Waals surface area contributed by atoms with Crippen LogP contribution in [0.3, 0.4) is 0 Å². The molecule has 0 saturated heterocycles. The maximum atomic E-state index is 11.8. The van der Waals surface area contributed by atoms with Gasteiger partial charge >= 0.3 is 11.9 Å². The first kappa shape index (κ1) is 13.9. The summed E-state index contributed by atoms with van der Waals surface area (Å²) in [6, 6.07) is 5.90. The summed E-state index contributed by atoms with van der Waals surface area (Å²) in [7, 11) is 0. The maximum Gasteiger partial charge on any atom is 0.331 e. The van der Waals surface area contributed by atoms with Crippen LogP contribution in [0, 0.1) is 0 Å². The van der Waals surface area contributed by atoms with Crippen LogP contribution >= 0.6 is 0 Å². The molecule has 0 saturated carbocycles. The lowest BCUT2D eigenvalue weighted by Crippen LogP contribution is -2.37. The van der Waals surface area contributed by atoms with Crippen molar-refractivity contribution >= 4 is 11.9 Å². The van der Waals surface area contributed by atoms with Gasteiger partial charge in [-0.3, -0.25) is 4.79 Å². The average molecular weight is 274 g/mol. The van der Waals surface area contributed by atoms with E-state index in [9.17, 15) is 19.8 Å². The fourth-order valence-electron chi connectivity index (χ4n) is 2.47. The van der Waals surface area contributed by atoms with Crippen LogP contribution in [0.5, 0.6) is 5.75 Å². The van der Waals surface area contributed by atoms with Gasteiger partial charge in [0.1, 0.15) is 11.2 Å². The molecule has 0 radical (unpaired) electrons. The summed E-state index contributed by atoms with van der Waals surface area (Å²) in [5, 5.41) is 28.3. The maximum absolute atomic E-state index is 11.8. The molecule has 0 fully saturated rings. The van der Waals surface area contributed by atoms with E-state index in [4.69, 9.17) is 5.11 Å². The molecule has 1 atom stereocenters. The molecule has 2 rings (SSSR count). The Labute approximate surface area is 115 Å². The molecule has 20 heavy (non-hydrogen) atoms. The molecule has 0 aliphatic heterocycles. The quantitative estimate of drug-likeness (QED) is 0.784. The van der Waals surface area contributed by atoms with Gasteiger partial charge in [0.25, 0.3) is 0 Å². The molecule has 1 unspecified atom stereocenters. The van der Waals surface area contributed by atoms with Crippen LogP contribution in [0.4, 0.5) is 0 Å². The Morgan fingerprint density at radius 3 is 2.50 bits per heavy atom. The zero-order chi connectivity index (χ0) is 14.9. The Hall–Kier alpha value is -2.56. The zero-order valence-corrected chi connectivity index (χ0v) is 10.8. The lowest BCUT2D eigenvalue weighted by molar-refractivity contribution is -0.142. The molecule has 0 amide bonds. The van der Waals surface area contributed by atoms with Crippen molar-refractivity contribution in [2.45, 2.75) is 18.8 Å². The molecule has 1 aromatic carbocycles. The lowest BCUT2D eigenvalue weighted by atomic mass is 9.71.